The van der Waals surface area contributed by atoms with Gasteiger partial charge < -0.3 is 9.84 Å². The van der Waals surface area contributed by atoms with Gasteiger partial charge >= 0.3 is 0 Å². The number of aromatic hydroxyl groups is 1. The lowest BCUT2D eigenvalue weighted by Crippen LogP contribution is -2.48. The van der Waals surface area contributed by atoms with E-state index >= 15 is 0 Å². The second-order valence-electron chi connectivity index (χ2n) is 6.80. The zero-order valence-corrected chi connectivity index (χ0v) is 15.3. The Balaban J connectivity index is 1.33. The Kier molecular flexibility index (Phi) is 6.79. The summed E-state index contributed by atoms with van der Waals surface area (Å²) in [7, 11) is 0. The van der Waals surface area contributed by atoms with Crippen molar-refractivity contribution in [2.75, 3.05) is 45.9 Å². The maximum Gasteiger partial charge on any atom is 0.151 e. The first-order valence-corrected chi connectivity index (χ1v) is 9.21. The molecule has 0 bridgehead atoms. The summed E-state index contributed by atoms with van der Waals surface area (Å²) in [5, 5.41) is 9.29. The molecule has 2 aromatic carbocycles. The van der Waals surface area contributed by atoms with E-state index in [1.165, 1.54) is 12.1 Å². The Hall–Kier alpha value is -2.44. The summed E-state index contributed by atoms with van der Waals surface area (Å²) in [4.78, 5) is 16.7. The third-order valence-corrected chi connectivity index (χ3v) is 4.69. The van der Waals surface area contributed by atoms with Crippen molar-refractivity contribution in [1.82, 2.24) is 9.80 Å². The number of piperazine rings is 1. The van der Waals surface area contributed by atoms with Crippen molar-refractivity contribution in [3.8, 4) is 11.5 Å². The molecule has 0 aromatic heterocycles. The van der Waals surface area contributed by atoms with Crippen LogP contribution in [0, 0.1) is 5.82 Å². The van der Waals surface area contributed by atoms with Crippen LogP contribution in [0.25, 0.3) is 0 Å². The van der Waals surface area contributed by atoms with Crippen LogP contribution in [0.4, 0.5) is 4.39 Å². The minimum Gasteiger partial charge on any atom is -0.508 e. The first-order valence-electron chi connectivity index (χ1n) is 9.21. The van der Waals surface area contributed by atoms with Crippen molar-refractivity contribution in [3.63, 3.8) is 0 Å². The van der Waals surface area contributed by atoms with Crippen LogP contribution < -0.4 is 4.74 Å². The molecule has 1 heterocycles. The number of carbonyl (C=O) groups excluding carboxylic acids is 1. The van der Waals surface area contributed by atoms with Crippen LogP contribution in [-0.2, 0) is 11.2 Å². The molecule has 0 spiro atoms. The number of phenols is 1. The van der Waals surface area contributed by atoms with Gasteiger partial charge in [-0.2, -0.15) is 0 Å². The summed E-state index contributed by atoms with van der Waals surface area (Å²) in [6, 6.07) is 12.8. The van der Waals surface area contributed by atoms with Gasteiger partial charge in [-0.05, 0) is 42.0 Å². The molecule has 144 valence electrons. The maximum absolute atomic E-state index is 12.9. The van der Waals surface area contributed by atoms with Crippen molar-refractivity contribution in [2.45, 2.75) is 6.42 Å². The van der Waals surface area contributed by atoms with Crippen LogP contribution in [0.3, 0.4) is 0 Å². The number of nitrogens with zero attached hydrogens (tertiary/aromatic N) is 2. The van der Waals surface area contributed by atoms with Gasteiger partial charge in [-0.1, -0.05) is 12.1 Å². The summed E-state index contributed by atoms with van der Waals surface area (Å²) >= 11 is 0. The van der Waals surface area contributed by atoms with Crippen LogP contribution in [0.5, 0.6) is 11.5 Å². The van der Waals surface area contributed by atoms with Crippen molar-refractivity contribution >= 4 is 5.78 Å². The molecule has 0 radical (unpaired) electrons. The monoisotopic (exact) mass is 372 g/mol. The largest absolute Gasteiger partial charge is 0.508 e. The summed E-state index contributed by atoms with van der Waals surface area (Å²) in [5.74, 6) is 0.813. The predicted molar refractivity (Wildman–Crippen MR) is 102 cm³/mol. The Morgan fingerprint density at radius 1 is 0.963 bits per heavy atom. The van der Waals surface area contributed by atoms with E-state index in [4.69, 9.17) is 4.74 Å². The average molecular weight is 372 g/mol. The molecule has 1 aliphatic heterocycles. The zero-order chi connectivity index (χ0) is 19.1. The molecule has 1 saturated heterocycles. The average Bonchev–Trinajstić information content (AvgIpc) is 2.67. The van der Waals surface area contributed by atoms with Gasteiger partial charge in [-0.3, -0.25) is 14.6 Å². The number of rotatable bonds is 8. The van der Waals surface area contributed by atoms with Crippen LogP contribution in [-0.4, -0.2) is 66.6 Å². The molecule has 2 aromatic rings. The van der Waals surface area contributed by atoms with E-state index in [-0.39, 0.29) is 17.3 Å². The van der Waals surface area contributed by atoms with E-state index in [0.717, 1.165) is 38.3 Å². The highest BCUT2D eigenvalue weighted by Gasteiger charge is 2.19. The van der Waals surface area contributed by atoms with Crippen LogP contribution in [0.15, 0.2) is 48.5 Å². The molecular formula is C21H25FN2O3. The summed E-state index contributed by atoms with van der Waals surface area (Å²) in [6.07, 6.45) is 0.395. The number of ketones is 1. The summed E-state index contributed by atoms with van der Waals surface area (Å²) in [5.41, 5.74) is 0.925. The lowest BCUT2D eigenvalue weighted by atomic mass is 10.1. The fourth-order valence-corrected chi connectivity index (χ4v) is 3.14. The smallest absolute Gasteiger partial charge is 0.151 e. The number of Topliss-reactive ketones (excluding diaryl/α,β-unsaturated/α-hetero) is 1. The van der Waals surface area contributed by atoms with Crippen molar-refractivity contribution in [1.29, 1.82) is 0 Å². The third-order valence-electron chi connectivity index (χ3n) is 4.69. The molecule has 6 heteroatoms. The predicted octanol–water partition coefficient (Wildman–Crippen LogP) is 2.34. The molecule has 0 amide bonds. The lowest BCUT2D eigenvalue weighted by molar-refractivity contribution is -0.120. The van der Waals surface area contributed by atoms with Crippen LogP contribution >= 0.6 is 0 Å². The van der Waals surface area contributed by atoms with Gasteiger partial charge in [0.25, 0.3) is 0 Å². The number of benzene rings is 2. The molecule has 1 fully saturated rings. The first kappa shape index (κ1) is 19.3. The van der Waals surface area contributed by atoms with E-state index in [9.17, 15) is 14.3 Å². The van der Waals surface area contributed by atoms with Crippen molar-refractivity contribution < 1.29 is 19.0 Å². The number of phenolic OH excluding ortho intramolecular Hbond substituents is 1. The summed E-state index contributed by atoms with van der Waals surface area (Å²) < 4.78 is 18.5. The highest BCUT2D eigenvalue weighted by atomic mass is 19.1. The van der Waals surface area contributed by atoms with Gasteiger partial charge in [0.05, 0.1) is 6.54 Å². The molecule has 3 rings (SSSR count). The molecule has 1 N–H and O–H groups in total. The Morgan fingerprint density at radius 2 is 1.59 bits per heavy atom. The topological polar surface area (TPSA) is 53.0 Å². The van der Waals surface area contributed by atoms with Gasteiger partial charge in [-0.25, -0.2) is 4.39 Å². The molecule has 5 nitrogen and oxygen atoms in total. The lowest BCUT2D eigenvalue weighted by Gasteiger charge is -2.34. The third kappa shape index (κ3) is 6.34. The van der Waals surface area contributed by atoms with Gasteiger partial charge in [0.2, 0.25) is 0 Å². The van der Waals surface area contributed by atoms with E-state index in [2.05, 4.69) is 9.80 Å². The van der Waals surface area contributed by atoms with Crippen molar-refractivity contribution in [3.05, 3.63) is 59.9 Å². The minimum absolute atomic E-state index is 0.189. The first-order chi connectivity index (χ1) is 13.1. The number of hydrogen-bond acceptors (Lipinski definition) is 5. The fourth-order valence-electron chi connectivity index (χ4n) is 3.14. The van der Waals surface area contributed by atoms with Gasteiger partial charge in [0, 0.05) is 39.1 Å². The SMILES string of the molecule is O=C(Cc1ccc(O)cc1)CN1CCN(CCOc2ccc(F)cc2)CC1. The maximum atomic E-state index is 12.9. The highest BCUT2D eigenvalue weighted by Crippen LogP contribution is 2.12. The Labute approximate surface area is 159 Å². The summed E-state index contributed by atoms with van der Waals surface area (Å²) in [6.45, 7) is 5.35. The number of carbonyl (C=O) groups is 1. The quantitative estimate of drug-likeness (QED) is 0.771. The molecule has 27 heavy (non-hydrogen) atoms. The number of halogens is 1. The van der Waals surface area contributed by atoms with Gasteiger partial charge in [0.1, 0.15) is 23.9 Å². The van der Waals surface area contributed by atoms with Crippen LogP contribution in [0.2, 0.25) is 0 Å². The number of hydrogen-bond donors (Lipinski definition) is 1. The second-order valence-corrected chi connectivity index (χ2v) is 6.80. The normalized spacial score (nSPS) is 15.6. The highest BCUT2D eigenvalue weighted by molar-refractivity contribution is 5.82. The van der Waals surface area contributed by atoms with Gasteiger partial charge in [0.15, 0.2) is 5.78 Å². The van der Waals surface area contributed by atoms with E-state index in [0.29, 0.717) is 25.3 Å². The Morgan fingerprint density at radius 3 is 2.26 bits per heavy atom. The van der Waals surface area contributed by atoms with E-state index in [1.54, 1.807) is 36.4 Å². The molecule has 0 unspecified atom stereocenters. The molecular weight excluding hydrogens is 347 g/mol. The molecule has 0 atom stereocenters. The minimum atomic E-state index is -0.265. The van der Waals surface area contributed by atoms with Gasteiger partial charge in [-0.15, -0.1) is 0 Å². The number of ether oxygens (including phenoxy) is 1. The second kappa shape index (κ2) is 9.48. The van der Waals surface area contributed by atoms with E-state index in [1.807, 2.05) is 0 Å². The zero-order valence-electron chi connectivity index (χ0n) is 15.3. The fraction of sp³-hybridized carbons (Fsp3) is 0.381. The molecule has 1 aliphatic rings. The molecule has 0 saturated carbocycles. The van der Waals surface area contributed by atoms with Crippen LogP contribution in [0.1, 0.15) is 5.56 Å². The van der Waals surface area contributed by atoms with E-state index < -0.39 is 0 Å². The van der Waals surface area contributed by atoms with Crippen molar-refractivity contribution in [2.24, 2.45) is 0 Å². The standard InChI is InChI=1S/C21H25FN2O3/c22-18-3-7-21(8-4-18)27-14-13-23-9-11-24(12-10-23)16-20(26)15-17-1-5-19(25)6-2-17/h1-8,25H,9-16H2. The molecule has 0 aliphatic carbocycles. The Bertz CT molecular complexity index is 726.